The molecule has 0 spiro atoms. The van der Waals surface area contributed by atoms with Crippen LogP contribution in [-0.4, -0.2) is 4.98 Å². The number of pyridine rings is 1. The molecule has 0 radical (unpaired) electrons. The van der Waals surface area contributed by atoms with Gasteiger partial charge in [-0.15, -0.1) is 11.3 Å². The van der Waals surface area contributed by atoms with E-state index in [4.69, 9.17) is 13.8 Å². The molecule has 2 aromatic carbocycles. The lowest BCUT2D eigenvalue weighted by atomic mass is 9.85. The first-order chi connectivity index (χ1) is 14.4. The smallest absolute Gasteiger partial charge is 0.146 e. The standard InChI is InChI=1S/C26H21NO2S/c1-14-11-15-5-6-19-22(24(15)28-14)21-20(29-19)7-9-27-23(21)17-12-16-8-10-30-25(16)18(13-17)26(2,3)4/h5-13H,1-4H3. The molecule has 6 rings (SSSR count). The predicted octanol–water partition coefficient (Wildman–Crippen LogP) is 8.21. The summed E-state index contributed by atoms with van der Waals surface area (Å²) in [5.41, 5.74) is 5.96. The summed E-state index contributed by atoms with van der Waals surface area (Å²) in [6, 6.07) is 14.8. The van der Waals surface area contributed by atoms with Gasteiger partial charge in [0.1, 0.15) is 22.5 Å². The van der Waals surface area contributed by atoms with Crippen LogP contribution in [0.3, 0.4) is 0 Å². The van der Waals surface area contributed by atoms with Crippen LogP contribution in [0.15, 0.2) is 62.9 Å². The monoisotopic (exact) mass is 411 g/mol. The van der Waals surface area contributed by atoms with Crippen LogP contribution < -0.4 is 0 Å². The Labute approximate surface area is 177 Å². The van der Waals surface area contributed by atoms with Gasteiger partial charge in [0, 0.05) is 21.8 Å². The lowest BCUT2D eigenvalue weighted by molar-refractivity contribution is 0.581. The molecule has 3 nitrogen and oxygen atoms in total. The zero-order valence-corrected chi connectivity index (χ0v) is 18.2. The van der Waals surface area contributed by atoms with E-state index < -0.39 is 0 Å². The summed E-state index contributed by atoms with van der Waals surface area (Å²) in [6.07, 6.45) is 1.83. The van der Waals surface area contributed by atoms with E-state index in [-0.39, 0.29) is 5.41 Å². The minimum atomic E-state index is 0.0386. The first-order valence-corrected chi connectivity index (χ1v) is 11.0. The third-order valence-corrected chi connectivity index (χ3v) is 6.75. The van der Waals surface area contributed by atoms with Gasteiger partial charge >= 0.3 is 0 Å². The van der Waals surface area contributed by atoms with Crippen LogP contribution in [0.1, 0.15) is 32.1 Å². The molecule has 148 valence electrons. The van der Waals surface area contributed by atoms with Gasteiger partial charge < -0.3 is 8.83 Å². The summed E-state index contributed by atoms with van der Waals surface area (Å²) in [5, 5.41) is 6.53. The predicted molar refractivity (Wildman–Crippen MR) is 126 cm³/mol. The van der Waals surface area contributed by atoms with Gasteiger partial charge in [0.25, 0.3) is 0 Å². The summed E-state index contributed by atoms with van der Waals surface area (Å²) in [6.45, 7) is 8.78. The average Bonchev–Trinajstić information content (AvgIpc) is 3.40. The van der Waals surface area contributed by atoms with Crippen molar-refractivity contribution >= 4 is 54.3 Å². The number of hydrogen-bond donors (Lipinski definition) is 0. The van der Waals surface area contributed by atoms with Gasteiger partial charge in [-0.2, -0.15) is 0 Å². The Balaban J connectivity index is 1.76. The normalized spacial score (nSPS) is 12.7. The first kappa shape index (κ1) is 17.7. The van der Waals surface area contributed by atoms with Gasteiger partial charge in [0.2, 0.25) is 0 Å². The number of rotatable bonds is 1. The van der Waals surface area contributed by atoms with Gasteiger partial charge in [-0.1, -0.05) is 20.8 Å². The van der Waals surface area contributed by atoms with Gasteiger partial charge in [0.05, 0.1) is 16.5 Å². The van der Waals surface area contributed by atoms with Crippen LogP contribution in [0.25, 0.3) is 54.3 Å². The number of fused-ring (bicyclic) bond motifs is 6. The van der Waals surface area contributed by atoms with Crippen LogP contribution >= 0.6 is 11.3 Å². The molecule has 0 unspecified atom stereocenters. The Morgan fingerprint density at radius 1 is 0.867 bits per heavy atom. The molecule has 0 fully saturated rings. The minimum Gasteiger partial charge on any atom is -0.461 e. The zero-order chi connectivity index (χ0) is 20.6. The Morgan fingerprint density at radius 3 is 2.53 bits per heavy atom. The molecule has 0 bridgehead atoms. The highest BCUT2D eigenvalue weighted by molar-refractivity contribution is 7.17. The molecule has 0 aliphatic carbocycles. The van der Waals surface area contributed by atoms with Crippen LogP contribution in [0.4, 0.5) is 0 Å². The molecule has 4 aromatic heterocycles. The van der Waals surface area contributed by atoms with E-state index >= 15 is 0 Å². The van der Waals surface area contributed by atoms with Crippen LogP contribution in [-0.2, 0) is 5.41 Å². The molecule has 0 aliphatic rings. The summed E-state index contributed by atoms with van der Waals surface area (Å²) in [5.74, 6) is 0.895. The Morgan fingerprint density at radius 2 is 1.70 bits per heavy atom. The second kappa shape index (κ2) is 5.96. The van der Waals surface area contributed by atoms with Crippen molar-refractivity contribution < 1.29 is 8.83 Å². The number of aryl methyl sites for hydroxylation is 1. The molecular formula is C26H21NO2S. The zero-order valence-electron chi connectivity index (χ0n) is 17.4. The van der Waals surface area contributed by atoms with Crippen LogP contribution in [0.5, 0.6) is 0 Å². The maximum atomic E-state index is 6.20. The molecule has 0 aliphatic heterocycles. The highest BCUT2D eigenvalue weighted by Crippen LogP contribution is 2.42. The van der Waals surface area contributed by atoms with Gasteiger partial charge in [-0.05, 0) is 71.1 Å². The number of aromatic nitrogens is 1. The van der Waals surface area contributed by atoms with E-state index in [2.05, 4.69) is 56.5 Å². The Kier molecular flexibility index (Phi) is 3.52. The van der Waals surface area contributed by atoms with E-state index in [1.807, 2.05) is 25.3 Å². The SMILES string of the molecule is Cc1cc2ccc3oc4ccnc(-c5cc(C(C)(C)C)c6sccc6c5)c4c3c2o1. The number of hydrogen-bond acceptors (Lipinski definition) is 4. The molecule has 4 heterocycles. The van der Waals surface area contributed by atoms with Gasteiger partial charge in [0.15, 0.2) is 0 Å². The third kappa shape index (κ3) is 2.47. The highest BCUT2D eigenvalue weighted by Gasteiger charge is 2.22. The minimum absolute atomic E-state index is 0.0386. The number of thiophene rings is 1. The van der Waals surface area contributed by atoms with Crippen molar-refractivity contribution in [3.8, 4) is 11.3 Å². The largest absolute Gasteiger partial charge is 0.461 e. The molecular weight excluding hydrogens is 390 g/mol. The molecule has 0 N–H and O–H groups in total. The fourth-order valence-electron chi connectivity index (χ4n) is 4.42. The molecule has 0 amide bonds. The molecule has 4 heteroatoms. The van der Waals surface area contributed by atoms with E-state index in [0.29, 0.717) is 0 Å². The summed E-state index contributed by atoms with van der Waals surface area (Å²) in [7, 11) is 0. The van der Waals surface area contributed by atoms with E-state index in [1.165, 1.54) is 15.6 Å². The summed E-state index contributed by atoms with van der Waals surface area (Å²) < 4.78 is 13.6. The number of benzene rings is 2. The topological polar surface area (TPSA) is 39.2 Å². The molecule has 0 saturated heterocycles. The Bertz CT molecular complexity index is 1590. The fraction of sp³-hybridized carbons (Fsp3) is 0.192. The highest BCUT2D eigenvalue weighted by atomic mass is 32.1. The van der Waals surface area contributed by atoms with Crippen molar-refractivity contribution in [1.82, 2.24) is 4.98 Å². The van der Waals surface area contributed by atoms with Crippen molar-refractivity contribution in [1.29, 1.82) is 0 Å². The summed E-state index contributed by atoms with van der Waals surface area (Å²) in [4.78, 5) is 4.83. The second-order valence-electron chi connectivity index (χ2n) is 8.96. The average molecular weight is 412 g/mol. The van der Waals surface area contributed by atoms with E-state index in [9.17, 15) is 0 Å². The Hall–Kier alpha value is -3.11. The maximum Gasteiger partial charge on any atom is 0.146 e. The lowest BCUT2D eigenvalue weighted by Gasteiger charge is -2.21. The van der Waals surface area contributed by atoms with Gasteiger partial charge in [-0.25, -0.2) is 0 Å². The molecule has 6 aromatic rings. The quantitative estimate of drug-likeness (QED) is 0.274. The lowest BCUT2D eigenvalue weighted by Crippen LogP contribution is -2.11. The van der Waals surface area contributed by atoms with Crippen molar-refractivity contribution in [3.63, 3.8) is 0 Å². The third-order valence-electron chi connectivity index (χ3n) is 5.79. The first-order valence-electron chi connectivity index (χ1n) is 10.1. The van der Waals surface area contributed by atoms with Gasteiger partial charge in [-0.3, -0.25) is 4.98 Å². The van der Waals surface area contributed by atoms with Crippen LogP contribution in [0, 0.1) is 6.92 Å². The second-order valence-corrected chi connectivity index (χ2v) is 9.88. The van der Waals surface area contributed by atoms with Crippen molar-refractivity contribution in [3.05, 3.63) is 65.4 Å². The maximum absolute atomic E-state index is 6.20. The van der Waals surface area contributed by atoms with E-state index in [0.717, 1.165) is 49.9 Å². The van der Waals surface area contributed by atoms with Crippen molar-refractivity contribution in [2.45, 2.75) is 33.1 Å². The van der Waals surface area contributed by atoms with E-state index in [1.54, 1.807) is 11.3 Å². The fourth-order valence-corrected chi connectivity index (χ4v) is 5.53. The van der Waals surface area contributed by atoms with Crippen molar-refractivity contribution in [2.24, 2.45) is 0 Å². The summed E-state index contributed by atoms with van der Waals surface area (Å²) >= 11 is 1.80. The van der Waals surface area contributed by atoms with Crippen molar-refractivity contribution in [2.75, 3.05) is 0 Å². The number of furan rings is 2. The number of nitrogens with zero attached hydrogens (tertiary/aromatic N) is 1. The molecule has 0 saturated carbocycles. The van der Waals surface area contributed by atoms with Crippen LogP contribution in [0.2, 0.25) is 0 Å². The molecule has 30 heavy (non-hydrogen) atoms. The molecule has 0 atom stereocenters.